The number of carbonyl (C=O) groups is 1. The molecule has 1 unspecified atom stereocenters. The number of hydrogen-bond acceptors (Lipinski definition) is 3. The maximum absolute atomic E-state index is 12.4. The number of aromatic nitrogens is 2. The van der Waals surface area contributed by atoms with E-state index in [-0.39, 0.29) is 11.9 Å². The molecule has 30 heavy (non-hydrogen) atoms. The highest BCUT2D eigenvalue weighted by Gasteiger charge is 2.12. The van der Waals surface area contributed by atoms with Crippen LogP contribution in [0, 0.1) is 0 Å². The molecule has 5 nitrogen and oxygen atoms in total. The van der Waals surface area contributed by atoms with Gasteiger partial charge in [-0.3, -0.25) is 9.78 Å². The minimum Gasteiger partial charge on any atom is -0.487 e. The number of H-pyrrole nitrogens is 1. The molecule has 0 saturated carbocycles. The predicted molar refractivity (Wildman–Crippen MR) is 118 cm³/mol. The van der Waals surface area contributed by atoms with E-state index in [0.717, 1.165) is 22.3 Å². The number of rotatable bonds is 8. The molecule has 4 aromatic rings. The van der Waals surface area contributed by atoms with E-state index in [9.17, 15) is 4.79 Å². The Morgan fingerprint density at radius 2 is 1.87 bits per heavy atom. The zero-order chi connectivity index (χ0) is 20.8. The largest absolute Gasteiger partial charge is 0.487 e. The van der Waals surface area contributed by atoms with E-state index in [1.807, 2.05) is 73.8 Å². The molecule has 0 spiro atoms. The Morgan fingerprint density at radius 3 is 2.67 bits per heavy atom. The number of ether oxygens (including phenoxy) is 1. The molecule has 1 atom stereocenters. The first-order chi connectivity index (χ1) is 14.7. The van der Waals surface area contributed by atoms with Gasteiger partial charge in [-0.25, -0.2) is 0 Å². The summed E-state index contributed by atoms with van der Waals surface area (Å²) in [6.45, 7) is 2.44. The van der Waals surface area contributed by atoms with Crippen molar-refractivity contribution >= 4 is 16.8 Å². The van der Waals surface area contributed by atoms with E-state index >= 15 is 0 Å². The second-order valence-corrected chi connectivity index (χ2v) is 7.34. The summed E-state index contributed by atoms with van der Waals surface area (Å²) in [5.74, 6) is 0.722. The standard InChI is InChI=1S/C25H25N3O2/c1-18(23-13-12-21(16-27-23)30-17-19-7-3-2-4-8-19)28-25(29)14-11-20-15-26-24-10-6-5-9-22(20)24/h2-10,12-13,15-16,18,26H,11,14,17H2,1H3,(H,28,29). The highest BCUT2D eigenvalue weighted by Crippen LogP contribution is 2.20. The molecule has 0 aliphatic carbocycles. The van der Waals surface area contributed by atoms with Gasteiger partial charge >= 0.3 is 0 Å². The molecule has 2 N–H and O–H groups in total. The van der Waals surface area contributed by atoms with Crippen LogP contribution in [0.25, 0.3) is 10.9 Å². The third kappa shape index (κ3) is 4.87. The van der Waals surface area contributed by atoms with Gasteiger partial charge in [0.05, 0.1) is 17.9 Å². The van der Waals surface area contributed by atoms with Crippen LogP contribution in [0.2, 0.25) is 0 Å². The fourth-order valence-corrected chi connectivity index (χ4v) is 3.45. The molecule has 5 heteroatoms. The fraction of sp³-hybridized carbons (Fsp3) is 0.200. The number of carbonyl (C=O) groups excluding carboxylic acids is 1. The van der Waals surface area contributed by atoms with E-state index in [1.54, 1.807) is 6.20 Å². The van der Waals surface area contributed by atoms with E-state index in [1.165, 1.54) is 5.39 Å². The van der Waals surface area contributed by atoms with Crippen LogP contribution < -0.4 is 10.1 Å². The number of benzene rings is 2. The summed E-state index contributed by atoms with van der Waals surface area (Å²) in [5, 5.41) is 4.20. The SMILES string of the molecule is CC(NC(=O)CCc1c[nH]c2ccccc12)c1ccc(OCc2ccccc2)cn1. The van der Waals surface area contributed by atoms with E-state index in [4.69, 9.17) is 4.74 Å². The Balaban J connectivity index is 1.27. The minimum absolute atomic E-state index is 0.0129. The van der Waals surface area contributed by atoms with E-state index in [2.05, 4.69) is 21.4 Å². The van der Waals surface area contributed by atoms with Gasteiger partial charge < -0.3 is 15.0 Å². The maximum Gasteiger partial charge on any atom is 0.220 e. The zero-order valence-electron chi connectivity index (χ0n) is 17.0. The van der Waals surface area contributed by atoms with Crippen molar-refractivity contribution in [2.24, 2.45) is 0 Å². The fourth-order valence-electron chi connectivity index (χ4n) is 3.45. The number of para-hydroxylation sites is 1. The van der Waals surface area contributed by atoms with Crippen LogP contribution in [0.3, 0.4) is 0 Å². The third-order valence-corrected chi connectivity index (χ3v) is 5.13. The lowest BCUT2D eigenvalue weighted by molar-refractivity contribution is -0.121. The Bertz CT molecular complexity index is 1100. The molecule has 1 amide bonds. The van der Waals surface area contributed by atoms with Gasteiger partial charge in [-0.05, 0) is 42.7 Å². The topological polar surface area (TPSA) is 67.0 Å². The molecule has 2 heterocycles. The number of hydrogen-bond donors (Lipinski definition) is 2. The number of fused-ring (bicyclic) bond motifs is 1. The van der Waals surface area contributed by atoms with Crippen LogP contribution >= 0.6 is 0 Å². The van der Waals surface area contributed by atoms with Gasteiger partial charge in [-0.1, -0.05) is 48.5 Å². The van der Waals surface area contributed by atoms with Crippen LogP contribution in [-0.2, 0) is 17.8 Å². The first-order valence-electron chi connectivity index (χ1n) is 10.2. The van der Waals surface area contributed by atoms with Crippen molar-refractivity contribution in [3.05, 3.63) is 95.9 Å². The summed E-state index contributed by atoms with van der Waals surface area (Å²) in [6, 6.07) is 21.8. The van der Waals surface area contributed by atoms with Crippen molar-refractivity contribution in [3.63, 3.8) is 0 Å². The van der Waals surface area contributed by atoms with Crippen LogP contribution in [0.4, 0.5) is 0 Å². The lowest BCUT2D eigenvalue weighted by Gasteiger charge is -2.14. The first kappa shape index (κ1) is 19.7. The van der Waals surface area contributed by atoms with Crippen LogP contribution in [-0.4, -0.2) is 15.9 Å². The smallest absolute Gasteiger partial charge is 0.220 e. The van der Waals surface area contributed by atoms with Gasteiger partial charge in [0, 0.05) is 23.5 Å². The summed E-state index contributed by atoms with van der Waals surface area (Å²) in [6.07, 6.45) is 4.82. The molecule has 0 bridgehead atoms. The monoisotopic (exact) mass is 399 g/mol. The Kier molecular flexibility index (Phi) is 6.09. The van der Waals surface area contributed by atoms with Crippen LogP contribution in [0.1, 0.15) is 36.2 Å². The molecule has 0 aliphatic rings. The van der Waals surface area contributed by atoms with Crippen LogP contribution in [0.5, 0.6) is 5.75 Å². The second kappa shape index (κ2) is 9.27. The van der Waals surface area contributed by atoms with Gasteiger partial charge in [0.25, 0.3) is 0 Å². The molecule has 0 radical (unpaired) electrons. The summed E-state index contributed by atoms with van der Waals surface area (Å²) in [4.78, 5) is 20.1. The molecule has 0 saturated heterocycles. The van der Waals surface area contributed by atoms with Gasteiger partial charge in [-0.2, -0.15) is 0 Å². The number of amides is 1. The average Bonchev–Trinajstić information content (AvgIpc) is 3.20. The summed E-state index contributed by atoms with van der Waals surface area (Å²) in [5.41, 5.74) is 4.17. The van der Waals surface area contributed by atoms with Crippen molar-refractivity contribution < 1.29 is 9.53 Å². The first-order valence-corrected chi connectivity index (χ1v) is 10.2. The molecular formula is C25H25N3O2. The maximum atomic E-state index is 12.4. The van der Waals surface area contributed by atoms with Crippen molar-refractivity contribution in [3.8, 4) is 5.75 Å². The van der Waals surface area contributed by atoms with Gasteiger partial charge in [0.2, 0.25) is 5.91 Å². The normalized spacial score (nSPS) is 11.9. The molecule has 2 aromatic heterocycles. The summed E-state index contributed by atoms with van der Waals surface area (Å²) < 4.78 is 5.77. The lowest BCUT2D eigenvalue weighted by Crippen LogP contribution is -2.27. The number of nitrogens with zero attached hydrogens (tertiary/aromatic N) is 1. The summed E-state index contributed by atoms with van der Waals surface area (Å²) in [7, 11) is 0. The van der Waals surface area contributed by atoms with Crippen molar-refractivity contribution in [2.75, 3.05) is 0 Å². The molecule has 4 rings (SSSR count). The third-order valence-electron chi connectivity index (χ3n) is 5.13. The number of aryl methyl sites for hydroxylation is 1. The lowest BCUT2D eigenvalue weighted by atomic mass is 10.1. The van der Waals surface area contributed by atoms with Crippen LogP contribution in [0.15, 0.2) is 79.1 Å². The Morgan fingerprint density at radius 1 is 1.07 bits per heavy atom. The molecule has 152 valence electrons. The van der Waals surface area contributed by atoms with E-state index < -0.39 is 0 Å². The van der Waals surface area contributed by atoms with E-state index in [0.29, 0.717) is 25.2 Å². The zero-order valence-corrected chi connectivity index (χ0v) is 17.0. The Labute approximate surface area is 176 Å². The van der Waals surface area contributed by atoms with Crippen molar-refractivity contribution in [2.45, 2.75) is 32.4 Å². The Hall–Kier alpha value is -3.60. The molecular weight excluding hydrogens is 374 g/mol. The van der Waals surface area contributed by atoms with Gasteiger partial charge in [0.1, 0.15) is 12.4 Å². The predicted octanol–water partition coefficient (Wildman–Crippen LogP) is 4.95. The van der Waals surface area contributed by atoms with Crippen molar-refractivity contribution in [1.82, 2.24) is 15.3 Å². The summed E-state index contributed by atoms with van der Waals surface area (Å²) >= 11 is 0. The van der Waals surface area contributed by atoms with Gasteiger partial charge in [0.15, 0.2) is 0 Å². The number of nitrogens with one attached hydrogen (secondary N) is 2. The van der Waals surface area contributed by atoms with Gasteiger partial charge in [-0.15, -0.1) is 0 Å². The minimum atomic E-state index is -0.163. The average molecular weight is 399 g/mol. The highest BCUT2D eigenvalue weighted by molar-refractivity contribution is 5.84. The molecule has 2 aromatic carbocycles. The second-order valence-electron chi connectivity index (χ2n) is 7.34. The quantitative estimate of drug-likeness (QED) is 0.440. The number of pyridine rings is 1. The highest BCUT2D eigenvalue weighted by atomic mass is 16.5. The van der Waals surface area contributed by atoms with Crippen molar-refractivity contribution in [1.29, 1.82) is 0 Å². The molecule has 0 fully saturated rings. The number of aromatic amines is 1. The molecule has 0 aliphatic heterocycles.